The first-order chi connectivity index (χ1) is 5.88. The molecular weight excluding hydrogens is 146 g/mol. The molecule has 2 fully saturated rings. The summed E-state index contributed by atoms with van der Waals surface area (Å²) < 4.78 is 0. The average Bonchev–Trinajstić information content (AvgIpc) is 2.42. The van der Waals surface area contributed by atoms with Crippen molar-refractivity contribution in [3.63, 3.8) is 0 Å². The van der Waals surface area contributed by atoms with E-state index in [9.17, 15) is 0 Å². The summed E-state index contributed by atoms with van der Waals surface area (Å²) in [7, 11) is 0. The van der Waals surface area contributed by atoms with Crippen molar-refractivity contribution in [3.8, 4) is 12.3 Å². The second-order valence-corrected chi connectivity index (χ2v) is 3.82. The van der Waals surface area contributed by atoms with E-state index in [0.29, 0.717) is 0 Å². The van der Waals surface area contributed by atoms with Gasteiger partial charge in [0.2, 0.25) is 0 Å². The van der Waals surface area contributed by atoms with Crippen molar-refractivity contribution in [1.82, 2.24) is 5.32 Å². The molecule has 0 radical (unpaired) electrons. The van der Waals surface area contributed by atoms with Gasteiger partial charge in [-0.3, -0.25) is 0 Å². The summed E-state index contributed by atoms with van der Waals surface area (Å²) >= 11 is 0. The van der Waals surface area contributed by atoms with Crippen LogP contribution in [0.1, 0.15) is 32.1 Å². The summed E-state index contributed by atoms with van der Waals surface area (Å²) in [6.07, 6.45) is 13.5. The maximum atomic E-state index is 5.22. The van der Waals surface area contributed by atoms with Crippen LogP contribution in [0.15, 0.2) is 11.6 Å². The van der Waals surface area contributed by atoms with E-state index in [2.05, 4.69) is 17.3 Å². The fourth-order valence-electron chi connectivity index (χ4n) is 2.31. The Labute approximate surface area is 74.2 Å². The van der Waals surface area contributed by atoms with Gasteiger partial charge in [0.15, 0.2) is 0 Å². The quantitative estimate of drug-likeness (QED) is 0.457. The molecule has 0 aromatic carbocycles. The van der Waals surface area contributed by atoms with E-state index in [-0.39, 0.29) is 0 Å². The van der Waals surface area contributed by atoms with Gasteiger partial charge in [-0.15, -0.1) is 12.3 Å². The minimum atomic E-state index is 0.757. The molecule has 1 nitrogen and oxygen atoms in total. The van der Waals surface area contributed by atoms with Gasteiger partial charge < -0.3 is 5.32 Å². The van der Waals surface area contributed by atoms with E-state index in [4.69, 9.17) is 6.42 Å². The van der Waals surface area contributed by atoms with Crippen LogP contribution >= 0.6 is 0 Å². The van der Waals surface area contributed by atoms with Crippen molar-refractivity contribution in [3.05, 3.63) is 11.6 Å². The normalized spacial score (nSPS) is 33.1. The highest BCUT2D eigenvalue weighted by Crippen LogP contribution is 2.30. The number of hydrogen-bond donors (Lipinski definition) is 1. The smallest absolute Gasteiger partial charge is 0.0269 e. The lowest BCUT2D eigenvalue weighted by Crippen LogP contribution is -2.34. The van der Waals surface area contributed by atoms with Crippen molar-refractivity contribution in [1.29, 1.82) is 0 Å². The molecule has 2 atom stereocenters. The fourth-order valence-corrected chi connectivity index (χ4v) is 2.31. The highest BCUT2D eigenvalue weighted by Gasteiger charge is 2.29. The Kier molecular flexibility index (Phi) is 2.19. The van der Waals surface area contributed by atoms with Crippen molar-refractivity contribution >= 4 is 0 Å². The van der Waals surface area contributed by atoms with Gasteiger partial charge in [0.25, 0.3) is 0 Å². The zero-order chi connectivity index (χ0) is 8.39. The lowest BCUT2D eigenvalue weighted by molar-refractivity contribution is 0.473. The van der Waals surface area contributed by atoms with Gasteiger partial charge >= 0.3 is 0 Å². The third-order valence-electron chi connectivity index (χ3n) is 2.86. The zero-order valence-corrected chi connectivity index (χ0v) is 7.34. The van der Waals surface area contributed by atoms with Crippen LogP contribution in [-0.4, -0.2) is 12.1 Å². The van der Waals surface area contributed by atoms with E-state index >= 15 is 0 Å². The molecule has 0 amide bonds. The largest absolute Gasteiger partial charge is 0.311 e. The number of allylic oxidation sites excluding steroid dienone is 1. The number of rotatable bonds is 1. The average molecular weight is 161 g/mol. The molecule has 0 aliphatic carbocycles. The molecule has 64 valence electrons. The number of hydrogen-bond acceptors (Lipinski definition) is 1. The molecule has 2 bridgehead atoms. The second kappa shape index (κ2) is 3.33. The van der Waals surface area contributed by atoms with Crippen molar-refractivity contribution in [2.45, 2.75) is 44.2 Å². The summed E-state index contributed by atoms with van der Waals surface area (Å²) in [5.74, 6) is 2.67. The summed E-state index contributed by atoms with van der Waals surface area (Å²) in [4.78, 5) is 0. The Morgan fingerprint density at radius 2 is 2.08 bits per heavy atom. The molecule has 2 aliphatic rings. The maximum absolute atomic E-state index is 5.22. The highest BCUT2D eigenvalue weighted by atomic mass is 15.0. The molecule has 2 unspecified atom stereocenters. The van der Waals surface area contributed by atoms with Gasteiger partial charge in [0, 0.05) is 18.5 Å². The van der Waals surface area contributed by atoms with Gasteiger partial charge in [-0.1, -0.05) is 11.6 Å². The van der Waals surface area contributed by atoms with Gasteiger partial charge in [0.05, 0.1) is 0 Å². The van der Waals surface area contributed by atoms with Crippen LogP contribution in [0.4, 0.5) is 0 Å². The van der Waals surface area contributed by atoms with Crippen LogP contribution in [0.3, 0.4) is 0 Å². The van der Waals surface area contributed by atoms with E-state index < -0.39 is 0 Å². The summed E-state index contributed by atoms with van der Waals surface area (Å²) in [6.45, 7) is 0. The highest BCUT2D eigenvalue weighted by molar-refractivity contribution is 5.15. The lowest BCUT2D eigenvalue weighted by Gasteiger charge is -2.23. The van der Waals surface area contributed by atoms with Crippen molar-refractivity contribution in [2.75, 3.05) is 0 Å². The summed E-state index contributed by atoms with van der Waals surface area (Å²) in [5, 5.41) is 3.60. The Hall–Kier alpha value is -0.740. The fraction of sp³-hybridized carbons (Fsp3) is 0.636. The van der Waals surface area contributed by atoms with Gasteiger partial charge in [-0.25, -0.2) is 0 Å². The number of nitrogens with one attached hydrogen (secondary N) is 1. The molecule has 0 saturated carbocycles. The summed E-state index contributed by atoms with van der Waals surface area (Å²) in [6, 6.07) is 1.51. The monoisotopic (exact) mass is 161 g/mol. The van der Waals surface area contributed by atoms with Gasteiger partial charge in [0.1, 0.15) is 0 Å². The minimum Gasteiger partial charge on any atom is -0.311 e. The number of piperidine rings is 1. The van der Waals surface area contributed by atoms with Crippen LogP contribution in [0, 0.1) is 12.3 Å². The molecule has 0 aromatic rings. The van der Waals surface area contributed by atoms with Gasteiger partial charge in [-0.05, 0) is 25.7 Å². The minimum absolute atomic E-state index is 0.757. The van der Waals surface area contributed by atoms with Crippen LogP contribution in [-0.2, 0) is 0 Å². The molecule has 2 rings (SSSR count). The zero-order valence-electron chi connectivity index (χ0n) is 7.34. The molecule has 2 heterocycles. The number of fused-ring (bicyclic) bond motifs is 2. The molecule has 2 saturated heterocycles. The topological polar surface area (TPSA) is 12.0 Å². The van der Waals surface area contributed by atoms with E-state index in [1.54, 1.807) is 5.57 Å². The Balaban J connectivity index is 1.98. The first kappa shape index (κ1) is 7.89. The van der Waals surface area contributed by atoms with Crippen LogP contribution in [0.2, 0.25) is 0 Å². The predicted octanol–water partition coefficient (Wildman–Crippen LogP) is 1.85. The number of terminal acetylenes is 1. The Morgan fingerprint density at radius 3 is 2.67 bits per heavy atom. The molecule has 0 aromatic heterocycles. The molecule has 1 heteroatoms. The van der Waals surface area contributed by atoms with Crippen LogP contribution in [0.25, 0.3) is 0 Å². The van der Waals surface area contributed by atoms with E-state index in [0.717, 1.165) is 18.5 Å². The molecular formula is C11H15N. The standard InChI is InChI=1S/C11H15N/c1-2-3-4-9-7-10-5-6-11(8-9)12-10/h1,4,10-12H,3,5-8H2. The maximum Gasteiger partial charge on any atom is 0.0269 e. The third-order valence-corrected chi connectivity index (χ3v) is 2.86. The van der Waals surface area contributed by atoms with Crippen LogP contribution < -0.4 is 5.32 Å². The Morgan fingerprint density at radius 1 is 1.42 bits per heavy atom. The molecule has 0 spiro atoms. The van der Waals surface area contributed by atoms with Crippen LogP contribution in [0.5, 0.6) is 0 Å². The second-order valence-electron chi connectivity index (χ2n) is 3.82. The first-order valence-electron chi connectivity index (χ1n) is 4.76. The third kappa shape index (κ3) is 1.54. The van der Waals surface area contributed by atoms with Crippen molar-refractivity contribution < 1.29 is 0 Å². The molecule has 1 N–H and O–H groups in total. The lowest BCUT2D eigenvalue weighted by atomic mass is 9.98. The first-order valence-corrected chi connectivity index (χ1v) is 4.76. The molecule has 2 aliphatic heterocycles. The van der Waals surface area contributed by atoms with Gasteiger partial charge in [-0.2, -0.15) is 0 Å². The van der Waals surface area contributed by atoms with E-state index in [1.165, 1.54) is 25.7 Å². The predicted molar refractivity (Wildman–Crippen MR) is 50.7 cm³/mol. The summed E-state index contributed by atoms with van der Waals surface area (Å²) in [5.41, 5.74) is 1.58. The SMILES string of the molecule is C#CCC=C1CC2CCC(C1)N2. The molecule has 12 heavy (non-hydrogen) atoms. The van der Waals surface area contributed by atoms with Crippen molar-refractivity contribution in [2.24, 2.45) is 0 Å². The van der Waals surface area contributed by atoms with E-state index in [1.807, 2.05) is 0 Å². The Bertz CT molecular complexity index is 220.